The first kappa shape index (κ1) is 22.1. The molecule has 1 N–H and O–H groups in total. The Bertz CT molecular complexity index is 816. The smallest absolute Gasteiger partial charge is 0.335 e. The summed E-state index contributed by atoms with van der Waals surface area (Å²) in [4.78, 5) is 33.9. The van der Waals surface area contributed by atoms with Crippen molar-refractivity contribution in [2.75, 3.05) is 7.11 Å². The van der Waals surface area contributed by atoms with Crippen LogP contribution in [0.5, 0.6) is 5.75 Å². The third-order valence-corrected chi connectivity index (χ3v) is 4.18. The number of hydrogen-bond donors (Lipinski definition) is 1. The monoisotopic (exact) mass is 407 g/mol. The lowest BCUT2D eigenvalue weighted by atomic mass is 10.0. The number of aliphatic hydroxyl groups is 1. The van der Waals surface area contributed by atoms with Crippen LogP contribution in [0.3, 0.4) is 0 Å². The van der Waals surface area contributed by atoms with E-state index in [2.05, 4.69) is 10.7 Å². The van der Waals surface area contributed by atoms with E-state index in [1.54, 1.807) is 0 Å². The summed E-state index contributed by atoms with van der Waals surface area (Å²) in [6, 6.07) is 3.90. The highest BCUT2D eigenvalue weighted by Gasteiger charge is 2.38. The molecule has 1 fully saturated rings. The number of aliphatic hydroxyl groups excluding tert-OH is 1. The van der Waals surface area contributed by atoms with Gasteiger partial charge in [0.15, 0.2) is 11.9 Å². The highest BCUT2D eigenvalue weighted by Crippen LogP contribution is 2.34. The van der Waals surface area contributed by atoms with Gasteiger partial charge in [-0.25, -0.2) is 4.79 Å². The van der Waals surface area contributed by atoms with Crippen molar-refractivity contribution in [3.05, 3.63) is 33.9 Å². The largest absolute Gasteiger partial charge is 0.467 e. The molecule has 1 aliphatic heterocycles. The summed E-state index contributed by atoms with van der Waals surface area (Å²) >= 11 is 0. The minimum absolute atomic E-state index is 0.00598. The van der Waals surface area contributed by atoms with Gasteiger partial charge in [-0.05, 0) is 11.6 Å². The van der Waals surface area contributed by atoms with E-state index >= 15 is 0 Å². The number of benzene rings is 1. The Kier molecular flexibility index (Phi) is 7.52. The Morgan fingerprint density at radius 1 is 1.45 bits per heavy atom. The van der Waals surface area contributed by atoms with Crippen LogP contribution >= 0.6 is 0 Å². The number of esters is 2. The fraction of sp³-hybridized carbons (Fsp3) is 0.474. The first-order valence-corrected chi connectivity index (χ1v) is 8.72. The fourth-order valence-electron chi connectivity index (χ4n) is 2.89. The van der Waals surface area contributed by atoms with Crippen LogP contribution in [-0.4, -0.2) is 47.6 Å². The van der Waals surface area contributed by atoms with E-state index in [4.69, 9.17) is 20.6 Å². The molecule has 1 saturated heterocycles. The molecule has 2 rings (SSSR count). The zero-order valence-electron chi connectivity index (χ0n) is 15.9. The average molecular weight is 407 g/mol. The number of rotatable bonds is 7. The van der Waals surface area contributed by atoms with Gasteiger partial charge < -0.3 is 24.1 Å². The molecule has 0 bridgehead atoms. The summed E-state index contributed by atoms with van der Waals surface area (Å²) in [5.41, 5.74) is -0.150. The number of nitrogens with zero attached hydrogens (tertiary/aromatic N) is 1. The van der Waals surface area contributed by atoms with Crippen LogP contribution in [0.4, 0.5) is 5.69 Å². The van der Waals surface area contributed by atoms with Gasteiger partial charge in [-0.15, -0.1) is 12.3 Å². The molecule has 156 valence electrons. The van der Waals surface area contributed by atoms with E-state index in [9.17, 15) is 24.8 Å². The van der Waals surface area contributed by atoms with Crippen molar-refractivity contribution in [3.63, 3.8) is 0 Å². The number of terminal acetylenes is 1. The van der Waals surface area contributed by atoms with Crippen molar-refractivity contribution in [1.82, 2.24) is 0 Å². The van der Waals surface area contributed by atoms with Gasteiger partial charge in [-0.3, -0.25) is 14.9 Å². The van der Waals surface area contributed by atoms with E-state index in [1.165, 1.54) is 26.2 Å². The third kappa shape index (κ3) is 5.91. The maximum absolute atomic E-state index is 11.9. The molecule has 1 aliphatic rings. The Balaban J connectivity index is 2.25. The molecule has 0 aliphatic carbocycles. The molecule has 0 saturated carbocycles. The van der Waals surface area contributed by atoms with Gasteiger partial charge in [0.25, 0.3) is 0 Å². The van der Waals surface area contributed by atoms with Crippen molar-refractivity contribution in [3.8, 4) is 18.1 Å². The summed E-state index contributed by atoms with van der Waals surface area (Å²) in [6.45, 7) is 1.23. The number of hydrogen-bond acceptors (Lipinski definition) is 9. The van der Waals surface area contributed by atoms with Crippen LogP contribution < -0.4 is 4.74 Å². The van der Waals surface area contributed by atoms with Gasteiger partial charge in [-0.2, -0.15) is 0 Å². The number of ether oxygens (including phenoxy) is 4. The van der Waals surface area contributed by atoms with E-state index in [-0.39, 0.29) is 30.6 Å². The predicted octanol–water partition coefficient (Wildman–Crippen LogP) is 1.64. The maximum Gasteiger partial charge on any atom is 0.335 e. The molecular formula is C19H21NO9. The van der Waals surface area contributed by atoms with Crippen molar-refractivity contribution in [2.45, 2.75) is 50.8 Å². The lowest BCUT2D eigenvalue weighted by Gasteiger charge is -2.33. The Hall–Kier alpha value is -3.16. The molecule has 29 heavy (non-hydrogen) atoms. The van der Waals surface area contributed by atoms with Gasteiger partial charge in [0.05, 0.1) is 18.1 Å². The van der Waals surface area contributed by atoms with E-state index in [0.29, 0.717) is 0 Å². The second kappa shape index (κ2) is 9.86. The summed E-state index contributed by atoms with van der Waals surface area (Å²) in [7, 11) is 1.18. The van der Waals surface area contributed by atoms with Gasteiger partial charge in [0.1, 0.15) is 6.10 Å². The molecule has 1 heterocycles. The summed E-state index contributed by atoms with van der Waals surface area (Å²) in [6.07, 6.45) is 1.38. The Morgan fingerprint density at radius 2 is 2.17 bits per heavy atom. The zero-order chi connectivity index (χ0) is 21.6. The summed E-state index contributed by atoms with van der Waals surface area (Å²) < 4.78 is 20.9. The molecule has 0 radical (unpaired) electrons. The number of nitro benzene ring substituents is 1. The minimum Gasteiger partial charge on any atom is -0.467 e. The van der Waals surface area contributed by atoms with Gasteiger partial charge in [0.2, 0.25) is 6.29 Å². The molecule has 0 aromatic heterocycles. The Labute approximate surface area is 166 Å². The normalized spacial score (nSPS) is 22.1. The molecule has 3 unspecified atom stereocenters. The molecule has 1 aromatic rings. The van der Waals surface area contributed by atoms with Crippen LogP contribution in [0.2, 0.25) is 0 Å². The SMILES string of the molecule is C#CCC(O)c1ccc(OC2CC(OC(C)=O)C[C@@H](C(=O)OC)O2)c([N+](=O)[O-])c1. The van der Waals surface area contributed by atoms with Crippen LogP contribution in [0.25, 0.3) is 0 Å². The predicted molar refractivity (Wildman–Crippen MR) is 97.6 cm³/mol. The maximum atomic E-state index is 11.9. The summed E-state index contributed by atoms with van der Waals surface area (Å²) in [5.74, 6) is 0.918. The second-order valence-electron chi connectivity index (χ2n) is 6.31. The Morgan fingerprint density at radius 3 is 2.76 bits per heavy atom. The molecule has 0 spiro atoms. The highest BCUT2D eigenvalue weighted by atomic mass is 16.7. The van der Waals surface area contributed by atoms with Crippen molar-refractivity contribution >= 4 is 17.6 Å². The lowest BCUT2D eigenvalue weighted by molar-refractivity contribution is -0.386. The highest BCUT2D eigenvalue weighted by molar-refractivity contribution is 5.74. The third-order valence-electron chi connectivity index (χ3n) is 4.18. The van der Waals surface area contributed by atoms with Crippen LogP contribution in [0, 0.1) is 22.5 Å². The van der Waals surface area contributed by atoms with Gasteiger partial charge in [0, 0.05) is 32.3 Å². The average Bonchev–Trinajstić information content (AvgIpc) is 2.66. The van der Waals surface area contributed by atoms with Crippen molar-refractivity contribution in [1.29, 1.82) is 0 Å². The quantitative estimate of drug-likeness (QED) is 0.310. The molecule has 4 atom stereocenters. The molecule has 0 amide bonds. The summed E-state index contributed by atoms with van der Waals surface area (Å²) in [5, 5.41) is 21.4. The fourth-order valence-corrected chi connectivity index (χ4v) is 2.89. The van der Waals surface area contributed by atoms with Crippen LogP contribution in [0.15, 0.2) is 18.2 Å². The molecule has 1 aromatic carbocycles. The topological polar surface area (TPSA) is 134 Å². The zero-order valence-corrected chi connectivity index (χ0v) is 15.9. The number of nitro groups is 1. The molecule has 10 nitrogen and oxygen atoms in total. The van der Waals surface area contributed by atoms with Gasteiger partial charge in [-0.1, -0.05) is 6.07 Å². The van der Waals surface area contributed by atoms with E-state index in [0.717, 1.165) is 6.07 Å². The number of carbonyl (C=O) groups is 2. The first-order chi connectivity index (χ1) is 13.7. The first-order valence-electron chi connectivity index (χ1n) is 8.72. The van der Waals surface area contributed by atoms with Crippen LogP contribution in [-0.2, 0) is 23.8 Å². The van der Waals surface area contributed by atoms with Gasteiger partial charge >= 0.3 is 17.6 Å². The van der Waals surface area contributed by atoms with Crippen LogP contribution in [0.1, 0.15) is 37.9 Å². The van der Waals surface area contributed by atoms with Crippen molar-refractivity contribution in [2.24, 2.45) is 0 Å². The molecule has 10 heteroatoms. The standard InChI is InChI=1S/C19H21NO9/c1-4-5-15(22)12-6-7-16(14(8-12)20(24)25)28-18-10-13(27-11(2)21)9-17(29-18)19(23)26-3/h1,6-8,13,15,17-18,22H,5,9-10H2,2-3H3/t13?,15?,17-,18?/m0/s1. The lowest BCUT2D eigenvalue weighted by Crippen LogP contribution is -2.44. The number of methoxy groups -OCH3 is 1. The second-order valence-corrected chi connectivity index (χ2v) is 6.31. The van der Waals surface area contributed by atoms with E-state index in [1.807, 2.05) is 0 Å². The van der Waals surface area contributed by atoms with Crippen molar-refractivity contribution < 1.29 is 38.6 Å². The minimum atomic E-state index is -1.10. The van der Waals surface area contributed by atoms with E-state index < -0.39 is 47.2 Å². The number of carbonyl (C=O) groups excluding carboxylic acids is 2. The molecular weight excluding hydrogens is 386 g/mol.